The molecule has 0 bridgehead atoms. The number of aromatic nitrogens is 8. The van der Waals surface area contributed by atoms with Crippen LogP contribution in [-0.2, 0) is 54.5 Å². The summed E-state index contributed by atoms with van der Waals surface area (Å²) in [5.74, 6) is -6.00. The van der Waals surface area contributed by atoms with E-state index in [1.165, 1.54) is 57.0 Å². The van der Waals surface area contributed by atoms with Gasteiger partial charge in [0.2, 0.25) is 29.5 Å². The average Bonchev–Trinajstić information content (AvgIpc) is 3.98. The molecule has 0 saturated carbocycles. The summed E-state index contributed by atoms with van der Waals surface area (Å²) in [6.45, 7) is 0.253. The van der Waals surface area contributed by atoms with Crippen LogP contribution in [0.25, 0.3) is 0 Å². The van der Waals surface area contributed by atoms with Crippen molar-refractivity contribution in [3.63, 3.8) is 0 Å². The molecule has 7 atom stereocenters. The molecule has 0 aliphatic rings. The summed E-state index contributed by atoms with van der Waals surface area (Å²) in [7, 11) is 0. The van der Waals surface area contributed by atoms with Gasteiger partial charge < -0.3 is 67.6 Å². The number of nitrogens with two attached hydrogens (primary N) is 1. The summed E-state index contributed by atoms with van der Waals surface area (Å²) in [4.78, 5) is 105. The molecule has 0 spiro atoms. The number of imidazole rings is 4. The smallest absolute Gasteiger partial charge is 0.326 e. The van der Waals surface area contributed by atoms with E-state index in [0.717, 1.165) is 0 Å². The van der Waals surface area contributed by atoms with Crippen LogP contribution in [0.3, 0.4) is 0 Å². The normalized spacial score (nSPS) is 15.0. The van der Waals surface area contributed by atoms with E-state index in [2.05, 4.69) is 66.5 Å². The molecule has 4 heterocycles. The van der Waals surface area contributed by atoms with Crippen molar-refractivity contribution in [2.45, 2.75) is 75.0 Å². The van der Waals surface area contributed by atoms with Crippen LogP contribution in [0.15, 0.2) is 50.1 Å². The molecule has 4 aromatic heterocycles. The van der Waals surface area contributed by atoms with Crippen molar-refractivity contribution < 1.29 is 44.1 Å². The Morgan fingerprint density at radius 1 is 0.593 bits per heavy atom. The Balaban J connectivity index is 1.47. The quantitative estimate of drug-likeness (QED) is 0.0379. The molecule has 0 fully saturated rings. The van der Waals surface area contributed by atoms with E-state index in [4.69, 9.17) is 5.73 Å². The molecule has 0 aliphatic heterocycles. The van der Waals surface area contributed by atoms with Crippen LogP contribution >= 0.6 is 0 Å². The molecular weight excluding hydrogens is 712 g/mol. The number of amides is 5. The van der Waals surface area contributed by atoms with E-state index in [1.54, 1.807) is 0 Å². The Bertz CT molecular complexity index is 1800. The first-order valence-corrected chi connectivity index (χ1v) is 16.5. The van der Waals surface area contributed by atoms with Gasteiger partial charge in [0.1, 0.15) is 30.2 Å². The standard InChI is InChI=1S/C31H42N14O9/c1-15(47)25(45-26(48)20(32)2-16-6-33-11-37-16)30(52)44-24(10-46)29(51)42-21(3-17-7-34-12-38-17)27(49)41-22(4-18-8-35-13-39-18)28(50)43-23(31(53)54)5-19-9-36-14-40-19/h6-9,11-15,20-25,46-47H,2-5,10,32H2,1H3,(H,33,37)(H,34,38)(H,35,39)(H,36,40)(H,41,49)(H,42,51)(H,43,50)(H,44,52)(H,45,48)(H,53,54)/t15-,20+,21+,22+,23+,24+,25+/m1/s1. The number of H-pyrrole nitrogens is 4. The van der Waals surface area contributed by atoms with Gasteiger partial charge in [-0.1, -0.05) is 0 Å². The van der Waals surface area contributed by atoms with Crippen molar-refractivity contribution in [3.8, 4) is 0 Å². The number of aliphatic hydroxyl groups excluding tert-OH is 2. The number of aliphatic hydroxyl groups is 2. The van der Waals surface area contributed by atoms with Gasteiger partial charge in [0.15, 0.2) is 0 Å². The van der Waals surface area contributed by atoms with Crippen molar-refractivity contribution in [2.24, 2.45) is 5.73 Å². The molecule has 0 unspecified atom stereocenters. The Morgan fingerprint density at radius 2 is 0.963 bits per heavy atom. The zero-order chi connectivity index (χ0) is 39.2. The maximum atomic E-state index is 13.8. The fourth-order valence-corrected chi connectivity index (χ4v) is 5.13. The fourth-order valence-electron chi connectivity index (χ4n) is 5.13. The first-order chi connectivity index (χ1) is 25.8. The number of aromatic amines is 4. The van der Waals surface area contributed by atoms with Gasteiger partial charge in [-0.25, -0.2) is 24.7 Å². The molecule has 4 rings (SSSR count). The Hall–Kier alpha value is -6.46. The molecular formula is C31H42N14O9. The van der Waals surface area contributed by atoms with Gasteiger partial charge in [0.05, 0.1) is 44.1 Å². The van der Waals surface area contributed by atoms with Crippen molar-refractivity contribution >= 4 is 35.5 Å². The number of aliphatic carboxylic acids is 1. The number of carboxylic acid groups (broad SMARTS) is 1. The summed E-state index contributed by atoms with van der Waals surface area (Å²) < 4.78 is 0. The van der Waals surface area contributed by atoms with Gasteiger partial charge in [-0.15, -0.1) is 0 Å². The van der Waals surface area contributed by atoms with Crippen LogP contribution in [0.2, 0.25) is 0 Å². The second kappa shape index (κ2) is 19.4. The van der Waals surface area contributed by atoms with Gasteiger partial charge in [-0.3, -0.25) is 24.0 Å². The van der Waals surface area contributed by atoms with Gasteiger partial charge in [-0.05, 0) is 6.92 Å². The number of rotatable bonds is 21. The Kier molecular flexibility index (Phi) is 14.5. The predicted octanol–water partition coefficient (Wildman–Crippen LogP) is -4.94. The highest BCUT2D eigenvalue weighted by Crippen LogP contribution is 2.07. The van der Waals surface area contributed by atoms with E-state index >= 15 is 0 Å². The van der Waals surface area contributed by atoms with Crippen molar-refractivity contribution in [1.82, 2.24) is 66.5 Å². The summed E-state index contributed by atoms with van der Waals surface area (Å²) in [5.41, 5.74) is 7.71. The van der Waals surface area contributed by atoms with Crippen molar-refractivity contribution in [3.05, 3.63) is 72.9 Å². The van der Waals surface area contributed by atoms with Gasteiger partial charge in [-0.2, -0.15) is 0 Å². The minimum Gasteiger partial charge on any atom is -0.480 e. The lowest BCUT2D eigenvalue weighted by atomic mass is 10.1. The number of nitrogens with one attached hydrogen (secondary N) is 9. The summed E-state index contributed by atoms with van der Waals surface area (Å²) in [5, 5.41) is 42.2. The van der Waals surface area contributed by atoms with Crippen LogP contribution in [-0.4, -0.2) is 140 Å². The van der Waals surface area contributed by atoms with E-state index in [9.17, 15) is 44.1 Å². The number of carbonyl (C=O) groups is 6. The van der Waals surface area contributed by atoms with Crippen LogP contribution in [0, 0.1) is 0 Å². The third-order valence-corrected chi connectivity index (χ3v) is 8.03. The molecule has 0 saturated heterocycles. The lowest BCUT2D eigenvalue weighted by Gasteiger charge is -2.27. The molecule has 54 heavy (non-hydrogen) atoms. The minimum atomic E-state index is -1.69. The van der Waals surface area contributed by atoms with E-state index < -0.39 is 84.5 Å². The largest absolute Gasteiger partial charge is 0.480 e. The van der Waals surface area contributed by atoms with Gasteiger partial charge >= 0.3 is 5.97 Å². The molecule has 4 aromatic rings. The summed E-state index contributed by atoms with van der Waals surface area (Å²) >= 11 is 0. The monoisotopic (exact) mass is 754 g/mol. The molecule has 5 amide bonds. The van der Waals surface area contributed by atoms with E-state index in [0.29, 0.717) is 22.8 Å². The second-order valence-electron chi connectivity index (χ2n) is 12.2. The van der Waals surface area contributed by atoms with Crippen LogP contribution in [0.4, 0.5) is 0 Å². The molecule has 0 aliphatic carbocycles. The van der Waals surface area contributed by atoms with Crippen LogP contribution in [0.5, 0.6) is 0 Å². The highest BCUT2D eigenvalue weighted by molar-refractivity contribution is 5.96. The highest BCUT2D eigenvalue weighted by atomic mass is 16.4. The predicted molar refractivity (Wildman–Crippen MR) is 183 cm³/mol. The van der Waals surface area contributed by atoms with Crippen LogP contribution in [0.1, 0.15) is 29.7 Å². The lowest BCUT2D eigenvalue weighted by molar-refractivity contribution is -0.142. The SMILES string of the molecule is C[C@@H](O)[C@H](NC(=O)[C@@H](N)Cc1cnc[nH]1)C(=O)N[C@@H](CO)C(=O)N[C@@H](Cc1cnc[nH]1)C(=O)N[C@@H](Cc1cnc[nH]1)C(=O)N[C@@H](Cc1cnc[nH]1)C(=O)O. The number of carbonyl (C=O) groups excluding carboxylic acids is 5. The first kappa shape index (κ1) is 40.3. The van der Waals surface area contributed by atoms with E-state index in [-0.39, 0.29) is 25.7 Å². The molecule has 23 nitrogen and oxygen atoms in total. The zero-order valence-corrected chi connectivity index (χ0v) is 28.9. The molecule has 23 heteroatoms. The lowest BCUT2D eigenvalue weighted by Crippen LogP contribution is -2.62. The van der Waals surface area contributed by atoms with Crippen LogP contribution < -0.4 is 32.3 Å². The minimum absolute atomic E-state index is 0.0389. The summed E-state index contributed by atoms with van der Waals surface area (Å²) in [6, 6.07) is -8.66. The topological polar surface area (TPSA) is 364 Å². The average molecular weight is 755 g/mol. The zero-order valence-electron chi connectivity index (χ0n) is 28.9. The van der Waals surface area contributed by atoms with E-state index in [1.807, 2.05) is 0 Å². The van der Waals surface area contributed by atoms with Gasteiger partial charge in [0.25, 0.3) is 0 Å². The number of nitrogens with zero attached hydrogens (tertiary/aromatic N) is 4. The fraction of sp³-hybridized carbons (Fsp3) is 0.419. The van der Waals surface area contributed by atoms with Gasteiger partial charge in [0, 0.05) is 73.2 Å². The number of hydrogen-bond acceptors (Lipinski definition) is 13. The summed E-state index contributed by atoms with van der Waals surface area (Å²) in [6.07, 6.45) is 9.13. The maximum Gasteiger partial charge on any atom is 0.326 e. The number of carboxylic acids is 1. The molecule has 0 radical (unpaired) electrons. The second-order valence-corrected chi connectivity index (χ2v) is 12.2. The third-order valence-electron chi connectivity index (χ3n) is 8.03. The van der Waals surface area contributed by atoms with Crippen molar-refractivity contribution in [2.75, 3.05) is 6.61 Å². The Morgan fingerprint density at radius 3 is 1.33 bits per heavy atom. The molecule has 290 valence electrons. The molecule has 14 N–H and O–H groups in total. The Labute approximate surface area is 306 Å². The maximum absolute atomic E-state index is 13.8. The third kappa shape index (κ3) is 11.8. The number of hydrogen-bond donors (Lipinski definition) is 13. The molecule has 0 aromatic carbocycles. The highest BCUT2D eigenvalue weighted by Gasteiger charge is 2.34. The van der Waals surface area contributed by atoms with Crippen molar-refractivity contribution in [1.29, 1.82) is 0 Å². The first-order valence-electron chi connectivity index (χ1n) is 16.5.